The van der Waals surface area contributed by atoms with Crippen LogP contribution in [0.3, 0.4) is 0 Å². The molecule has 0 spiro atoms. The fourth-order valence-corrected chi connectivity index (χ4v) is 2.93. The average molecular weight is 311 g/mol. The third-order valence-electron chi connectivity index (χ3n) is 3.74. The van der Waals surface area contributed by atoms with E-state index in [0.29, 0.717) is 36.3 Å². The Morgan fingerprint density at radius 2 is 2.14 bits per heavy atom. The number of hydrogen-bond donors (Lipinski definition) is 2. The van der Waals surface area contributed by atoms with Crippen LogP contribution in [0.1, 0.15) is 24.8 Å². The Bertz CT molecular complexity index is 536. The van der Waals surface area contributed by atoms with Crippen molar-refractivity contribution in [2.24, 2.45) is 0 Å². The second-order valence-corrected chi connectivity index (χ2v) is 5.73. The van der Waals surface area contributed by atoms with E-state index in [2.05, 4.69) is 10.6 Å². The van der Waals surface area contributed by atoms with Gasteiger partial charge in [0.25, 0.3) is 0 Å². The van der Waals surface area contributed by atoms with Crippen LogP contribution in [0.15, 0.2) is 12.1 Å². The van der Waals surface area contributed by atoms with E-state index in [1.165, 1.54) is 0 Å². The van der Waals surface area contributed by atoms with Crippen molar-refractivity contribution >= 4 is 17.5 Å². The van der Waals surface area contributed by atoms with E-state index < -0.39 is 0 Å². The zero-order valence-corrected chi connectivity index (χ0v) is 12.5. The maximum absolute atomic E-state index is 11.9. The molecule has 21 heavy (non-hydrogen) atoms. The summed E-state index contributed by atoms with van der Waals surface area (Å²) in [5.74, 6) is 1.37. The molecule has 2 aliphatic rings. The lowest BCUT2D eigenvalue weighted by Gasteiger charge is -2.21. The van der Waals surface area contributed by atoms with E-state index in [0.717, 1.165) is 31.4 Å². The SMILES string of the molecule is O=C1NCCCCC1NCc1cc(Cl)c2c(c1)OCCO2. The van der Waals surface area contributed by atoms with Crippen LogP contribution >= 0.6 is 11.6 Å². The third-order valence-corrected chi connectivity index (χ3v) is 4.03. The van der Waals surface area contributed by atoms with Gasteiger partial charge in [-0.25, -0.2) is 0 Å². The number of rotatable bonds is 3. The minimum absolute atomic E-state index is 0.0798. The number of ether oxygens (including phenoxy) is 2. The van der Waals surface area contributed by atoms with Crippen LogP contribution in [-0.2, 0) is 11.3 Å². The second kappa shape index (κ2) is 6.54. The fraction of sp³-hybridized carbons (Fsp3) is 0.533. The Hall–Kier alpha value is -1.46. The molecule has 2 aliphatic heterocycles. The van der Waals surface area contributed by atoms with Gasteiger partial charge in [-0.05, 0) is 37.0 Å². The molecular weight excluding hydrogens is 292 g/mol. The van der Waals surface area contributed by atoms with Crippen LogP contribution in [0.4, 0.5) is 0 Å². The van der Waals surface area contributed by atoms with Crippen molar-refractivity contribution in [3.63, 3.8) is 0 Å². The second-order valence-electron chi connectivity index (χ2n) is 5.32. The Morgan fingerprint density at radius 1 is 1.29 bits per heavy atom. The molecule has 0 aliphatic carbocycles. The van der Waals surface area contributed by atoms with Crippen LogP contribution in [-0.4, -0.2) is 31.7 Å². The number of hydrogen-bond acceptors (Lipinski definition) is 4. The number of carbonyl (C=O) groups is 1. The van der Waals surface area contributed by atoms with Gasteiger partial charge in [-0.15, -0.1) is 0 Å². The van der Waals surface area contributed by atoms with E-state index in [4.69, 9.17) is 21.1 Å². The van der Waals surface area contributed by atoms with Crippen LogP contribution in [0.25, 0.3) is 0 Å². The van der Waals surface area contributed by atoms with Gasteiger partial charge in [0.2, 0.25) is 5.91 Å². The Balaban J connectivity index is 1.67. The summed E-state index contributed by atoms with van der Waals surface area (Å²) in [6.07, 6.45) is 2.96. The van der Waals surface area contributed by atoms with Crippen LogP contribution in [0, 0.1) is 0 Å². The zero-order valence-electron chi connectivity index (χ0n) is 11.8. The molecule has 5 nitrogen and oxygen atoms in total. The van der Waals surface area contributed by atoms with Gasteiger partial charge in [-0.1, -0.05) is 11.6 Å². The summed E-state index contributed by atoms with van der Waals surface area (Å²) in [6.45, 7) is 2.40. The molecule has 1 unspecified atom stereocenters. The van der Waals surface area contributed by atoms with E-state index in [-0.39, 0.29) is 11.9 Å². The lowest BCUT2D eigenvalue weighted by Crippen LogP contribution is -2.42. The third kappa shape index (κ3) is 3.41. The molecule has 114 valence electrons. The summed E-state index contributed by atoms with van der Waals surface area (Å²) in [5.41, 5.74) is 0.987. The minimum Gasteiger partial charge on any atom is -0.486 e. The number of nitrogens with one attached hydrogen (secondary N) is 2. The summed E-state index contributed by atoms with van der Waals surface area (Å²) in [4.78, 5) is 11.9. The molecule has 0 saturated carbocycles. The zero-order chi connectivity index (χ0) is 14.7. The number of fused-ring (bicyclic) bond motifs is 1. The van der Waals surface area contributed by atoms with Crippen LogP contribution in [0.2, 0.25) is 5.02 Å². The van der Waals surface area contributed by atoms with Gasteiger partial charge in [0.05, 0.1) is 11.1 Å². The molecule has 6 heteroatoms. The molecular formula is C15H19ClN2O3. The van der Waals surface area contributed by atoms with Gasteiger partial charge in [0.15, 0.2) is 11.5 Å². The van der Waals surface area contributed by atoms with Crippen molar-refractivity contribution in [3.8, 4) is 11.5 Å². The quantitative estimate of drug-likeness (QED) is 0.895. The first kappa shape index (κ1) is 14.5. The largest absolute Gasteiger partial charge is 0.486 e. The van der Waals surface area contributed by atoms with Gasteiger partial charge in [0.1, 0.15) is 13.2 Å². The molecule has 1 atom stereocenters. The summed E-state index contributed by atoms with van der Waals surface area (Å²) >= 11 is 6.21. The molecule has 1 amide bonds. The maximum atomic E-state index is 11.9. The predicted molar refractivity (Wildman–Crippen MR) is 79.9 cm³/mol. The molecule has 0 radical (unpaired) electrons. The predicted octanol–water partition coefficient (Wildman–Crippen LogP) is 1.87. The first-order valence-electron chi connectivity index (χ1n) is 7.33. The number of benzene rings is 1. The van der Waals surface area contributed by atoms with Crippen molar-refractivity contribution in [3.05, 3.63) is 22.7 Å². The van der Waals surface area contributed by atoms with Crippen LogP contribution in [0.5, 0.6) is 11.5 Å². The van der Waals surface area contributed by atoms with Gasteiger partial charge < -0.3 is 20.1 Å². The highest BCUT2D eigenvalue weighted by Gasteiger charge is 2.21. The highest BCUT2D eigenvalue weighted by atomic mass is 35.5. The molecule has 1 fully saturated rings. The van der Waals surface area contributed by atoms with Crippen molar-refractivity contribution in [1.29, 1.82) is 0 Å². The van der Waals surface area contributed by atoms with E-state index >= 15 is 0 Å². The maximum Gasteiger partial charge on any atom is 0.237 e. The van der Waals surface area contributed by atoms with Crippen molar-refractivity contribution in [2.75, 3.05) is 19.8 Å². The van der Waals surface area contributed by atoms with Crippen molar-refractivity contribution < 1.29 is 14.3 Å². The summed E-state index contributed by atoms with van der Waals surface area (Å²) in [7, 11) is 0. The standard InChI is InChI=1S/C15H19ClN2O3/c16-11-7-10(8-13-14(11)21-6-5-20-13)9-18-12-3-1-2-4-17-15(12)19/h7-8,12,18H,1-6,9H2,(H,17,19). The summed E-state index contributed by atoms with van der Waals surface area (Å²) < 4.78 is 11.1. The van der Waals surface area contributed by atoms with Gasteiger partial charge in [-0.3, -0.25) is 4.79 Å². The number of halogens is 1. The topological polar surface area (TPSA) is 59.6 Å². The molecule has 0 bridgehead atoms. The minimum atomic E-state index is -0.139. The fourth-order valence-electron chi connectivity index (χ4n) is 2.64. The monoisotopic (exact) mass is 310 g/mol. The Kier molecular flexibility index (Phi) is 4.51. The molecule has 3 rings (SSSR count). The Morgan fingerprint density at radius 3 is 3.05 bits per heavy atom. The lowest BCUT2D eigenvalue weighted by atomic mass is 10.1. The van der Waals surface area contributed by atoms with Crippen LogP contribution < -0.4 is 20.1 Å². The van der Waals surface area contributed by atoms with E-state index in [9.17, 15) is 4.79 Å². The highest BCUT2D eigenvalue weighted by Crippen LogP contribution is 2.38. The summed E-state index contributed by atoms with van der Waals surface area (Å²) in [6, 6.07) is 3.64. The normalized spacial score (nSPS) is 21.6. The molecule has 1 saturated heterocycles. The van der Waals surface area contributed by atoms with Crippen molar-refractivity contribution in [1.82, 2.24) is 10.6 Å². The molecule has 0 aromatic heterocycles. The van der Waals surface area contributed by atoms with Crippen molar-refractivity contribution in [2.45, 2.75) is 31.8 Å². The first-order chi connectivity index (χ1) is 10.2. The number of amides is 1. The van der Waals surface area contributed by atoms with Gasteiger partial charge in [0, 0.05) is 13.1 Å². The highest BCUT2D eigenvalue weighted by molar-refractivity contribution is 6.32. The van der Waals surface area contributed by atoms with E-state index in [1.807, 2.05) is 12.1 Å². The van der Waals surface area contributed by atoms with Gasteiger partial charge in [-0.2, -0.15) is 0 Å². The average Bonchev–Trinajstić information content (AvgIpc) is 2.70. The molecule has 2 N–H and O–H groups in total. The first-order valence-corrected chi connectivity index (χ1v) is 7.71. The molecule has 1 aromatic rings. The number of carbonyl (C=O) groups excluding carboxylic acids is 1. The smallest absolute Gasteiger partial charge is 0.237 e. The van der Waals surface area contributed by atoms with Gasteiger partial charge >= 0.3 is 0 Å². The molecule has 1 aromatic carbocycles. The van der Waals surface area contributed by atoms with E-state index in [1.54, 1.807) is 0 Å². The Labute approximate surface area is 128 Å². The summed E-state index contributed by atoms with van der Waals surface area (Å²) in [5, 5.41) is 6.76. The lowest BCUT2D eigenvalue weighted by molar-refractivity contribution is -0.122. The molecule has 2 heterocycles.